The Morgan fingerprint density at radius 1 is 1.50 bits per heavy atom. The molecule has 0 aliphatic heterocycles. The highest BCUT2D eigenvalue weighted by atomic mass is 79.9. The standard InChI is InChI=1S/C11H17NO2.CH3Br/c1-4-7-9(10(12)5-2)8-11(13)14-6-3;1-2/h4-5,7H,2,6,8,12H2,1,3H3;1H3/b7-4-,10-9-;. The fourth-order valence-corrected chi connectivity index (χ4v) is 0.957. The van der Waals surface area contributed by atoms with E-state index in [0.717, 1.165) is 5.57 Å². The fraction of sp³-hybridized carbons (Fsp3) is 0.417. The van der Waals surface area contributed by atoms with Crippen molar-refractivity contribution >= 4 is 21.9 Å². The zero-order chi connectivity index (χ0) is 13.0. The lowest BCUT2D eigenvalue weighted by Crippen LogP contribution is -2.07. The number of hydrogen-bond acceptors (Lipinski definition) is 3. The van der Waals surface area contributed by atoms with Crippen molar-refractivity contribution in [1.29, 1.82) is 0 Å². The van der Waals surface area contributed by atoms with Crippen LogP contribution in [-0.4, -0.2) is 18.4 Å². The third-order valence-corrected chi connectivity index (χ3v) is 1.60. The van der Waals surface area contributed by atoms with Crippen molar-refractivity contribution in [3.8, 4) is 0 Å². The van der Waals surface area contributed by atoms with Gasteiger partial charge in [-0.2, -0.15) is 0 Å². The summed E-state index contributed by atoms with van der Waals surface area (Å²) in [5.41, 5.74) is 6.90. The van der Waals surface area contributed by atoms with Crippen molar-refractivity contribution < 1.29 is 9.53 Å². The number of hydrogen-bond donors (Lipinski definition) is 1. The van der Waals surface area contributed by atoms with Crippen LogP contribution in [0.3, 0.4) is 0 Å². The van der Waals surface area contributed by atoms with Crippen molar-refractivity contribution in [2.75, 3.05) is 12.4 Å². The molecule has 4 heteroatoms. The van der Waals surface area contributed by atoms with E-state index in [1.165, 1.54) is 6.08 Å². The number of rotatable bonds is 5. The van der Waals surface area contributed by atoms with E-state index in [1.54, 1.807) is 13.0 Å². The SMILES string of the molecule is C=C/C(N)=C(\C=C/C)CC(=O)OCC.CBr. The zero-order valence-corrected chi connectivity index (χ0v) is 11.7. The summed E-state index contributed by atoms with van der Waals surface area (Å²) in [4.78, 5) is 11.2. The summed E-state index contributed by atoms with van der Waals surface area (Å²) in [6, 6.07) is 0. The second-order valence-corrected chi connectivity index (χ2v) is 2.67. The van der Waals surface area contributed by atoms with Crippen LogP contribution >= 0.6 is 15.9 Å². The lowest BCUT2D eigenvalue weighted by atomic mass is 10.1. The summed E-state index contributed by atoms with van der Waals surface area (Å²) in [6.45, 7) is 7.57. The Labute approximate surface area is 106 Å². The summed E-state index contributed by atoms with van der Waals surface area (Å²) < 4.78 is 4.82. The first-order valence-electron chi connectivity index (χ1n) is 4.92. The zero-order valence-electron chi connectivity index (χ0n) is 10.1. The van der Waals surface area contributed by atoms with Gasteiger partial charge in [-0.1, -0.05) is 34.7 Å². The van der Waals surface area contributed by atoms with Gasteiger partial charge >= 0.3 is 5.97 Å². The quantitative estimate of drug-likeness (QED) is 0.481. The average molecular weight is 290 g/mol. The van der Waals surface area contributed by atoms with Crippen LogP contribution in [0.1, 0.15) is 20.3 Å². The summed E-state index contributed by atoms with van der Waals surface area (Å²) in [5, 5.41) is 0. The van der Waals surface area contributed by atoms with Gasteiger partial charge in [0, 0.05) is 5.70 Å². The van der Waals surface area contributed by atoms with Gasteiger partial charge in [-0.3, -0.25) is 4.79 Å². The molecule has 0 atom stereocenters. The van der Waals surface area contributed by atoms with Gasteiger partial charge in [0.05, 0.1) is 13.0 Å². The highest BCUT2D eigenvalue weighted by Gasteiger charge is 2.06. The summed E-state index contributed by atoms with van der Waals surface area (Å²) >= 11 is 2.94. The molecule has 0 saturated heterocycles. The number of ether oxygens (including phenoxy) is 1. The molecule has 0 radical (unpaired) electrons. The maximum Gasteiger partial charge on any atom is 0.310 e. The van der Waals surface area contributed by atoms with E-state index < -0.39 is 0 Å². The molecule has 16 heavy (non-hydrogen) atoms. The summed E-state index contributed by atoms with van der Waals surface area (Å²) in [5.74, 6) is 1.54. The van der Waals surface area contributed by atoms with E-state index in [-0.39, 0.29) is 12.4 Å². The third-order valence-electron chi connectivity index (χ3n) is 1.60. The van der Waals surface area contributed by atoms with Gasteiger partial charge < -0.3 is 10.5 Å². The Balaban J connectivity index is 0. The Kier molecular flexibility index (Phi) is 13.1. The number of carbonyl (C=O) groups excluding carboxylic acids is 1. The lowest BCUT2D eigenvalue weighted by Gasteiger charge is -2.04. The second-order valence-electron chi connectivity index (χ2n) is 2.67. The number of alkyl halides is 1. The summed E-state index contributed by atoms with van der Waals surface area (Å²) in [7, 11) is 0. The van der Waals surface area contributed by atoms with Crippen molar-refractivity contribution in [3.05, 3.63) is 36.1 Å². The topological polar surface area (TPSA) is 52.3 Å². The lowest BCUT2D eigenvalue weighted by molar-refractivity contribution is -0.142. The van der Waals surface area contributed by atoms with E-state index in [9.17, 15) is 4.79 Å². The Morgan fingerprint density at radius 3 is 2.44 bits per heavy atom. The van der Waals surface area contributed by atoms with Gasteiger partial charge in [0.15, 0.2) is 0 Å². The van der Waals surface area contributed by atoms with Gasteiger partial charge in [-0.15, -0.1) is 0 Å². The molecule has 0 bridgehead atoms. The van der Waals surface area contributed by atoms with Crippen LogP contribution in [0.4, 0.5) is 0 Å². The number of halogens is 1. The molecule has 0 amide bonds. The van der Waals surface area contributed by atoms with Crippen LogP contribution in [0.2, 0.25) is 0 Å². The van der Waals surface area contributed by atoms with Gasteiger partial charge in [0.25, 0.3) is 0 Å². The normalized spacial score (nSPS) is 11.2. The molecule has 0 aromatic carbocycles. The molecule has 92 valence electrons. The Bertz CT molecular complexity index is 270. The van der Waals surface area contributed by atoms with Crippen LogP contribution in [0.15, 0.2) is 36.1 Å². The number of allylic oxidation sites excluding steroid dienone is 3. The van der Waals surface area contributed by atoms with E-state index in [4.69, 9.17) is 10.5 Å². The smallest absolute Gasteiger partial charge is 0.310 e. The first kappa shape index (κ1) is 17.4. The predicted octanol–water partition coefficient (Wildman–Crippen LogP) is 2.93. The van der Waals surface area contributed by atoms with Gasteiger partial charge in [-0.25, -0.2) is 0 Å². The predicted molar refractivity (Wildman–Crippen MR) is 72.3 cm³/mol. The Morgan fingerprint density at radius 2 is 2.06 bits per heavy atom. The van der Waals surface area contributed by atoms with E-state index in [0.29, 0.717) is 12.3 Å². The molecule has 0 heterocycles. The third kappa shape index (κ3) is 8.29. The molecular weight excluding hydrogens is 270 g/mol. The number of esters is 1. The fourth-order valence-electron chi connectivity index (χ4n) is 0.957. The van der Waals surface area contributed by atoms with E-state index in [2.05, 4.69) is 22.5 Å². The molecule has 2 N–H and O–H groups in total. The molecule has 0 aromatic heterocycles. The average Bonchev–Trinajstić information content (AvgIpc) is 2.30. The minimum atomic E-state index is -0.273. The van der Waals surface area contributed by atoms with Crippen molar-refractivity contribution in [1.82, 2.24) is 0 Å². The van der Waals surface area contributed by atoms with Gasteiger partial charge in [0.2, 0.25) is 0 Å². The molecule has 0 rings (SSSR count). The molecular formula is C12H20BrNO2. The first-order valence-corrected chi connectivity index (χ1v) is 6.51. The molecule has 0 aliphatic rings. The molecule has 0 aliphatic carbocycles. The number of nitrogens with two attached hydrogens (primary N) is 1. The van der Waals surface area contributed by atoms with Gasteiger partial charge in [0.1, 0.15) is 0 Å². The molecule has 0 spiro atoms. The first-order chi connectivity index (χ1) is 7.65. The monoisotopic (exact) mass is 289 g/mol. The second kappa shape index (κ2) is 12.0. The maximum absolute atomic E-state index is 11.2. The van der Waals surface area contributed by atoms with E-state index in [1.807, 2.05) is 18.8 Å². The van der Waals surface area contributed by atoms with Crippen LogP contribution in [0.5, 0.6) is 0 Å². The van der Waals surface area contributed by atoms with Crippen LogP contribution in [0, 0.1) is 0 Å². The maximum atomic E-state index is 11.2. The van der Waals surface area contributed by atoms with Crippen molar-refractivity contribution in [2.24, 2.45) is 5.73 Å². The van der Waals surface area contributed by atoms with Crippen LogP contribution in [-0.2, 0) is 9.53 Å². The van der Waals surface area contributed by atoms with Gasteiger partial charge in [-0.05, 0) is 31.3 Å². The van der Waals surface area contributed by atoms with Crippen LogP contribution in [0.25, 0.3) is 0 Å². The largest absolute Gasteiger partial charge is 0.466 e. The minimum absolute atomic E-state index is 0.191. The highest BCUT2D eigenvalue weighted by molar-refractivity contribution is 9.08. The van der Waals surface area contributed by atoms with Crippen molar-refractivity contribution in [3.63, 3.8) is 0 Å². The molecule has 0 saturated carbocycles. The van der Waals surface area contributed by atoms with Crippen molar-refractivity contribution in [2.45, 2.75) is 20.3 Å². The Hall–Kier alpha value is -1.03. The highest BCUT2D eigenvalue weighted by Crippen LogP contribution is 2.09. The molecule has 0 aromatic rings. The molecule has 0 unspecified atom stereocenters. The minimum Gasteiger partial charge on any atom is -0.466 e. The van der Waals surface area contributed by atoms with E-state index >= 15 is 0 Å². The summed E-state index contributed by atoms with van der Waals surface area (Å²) in [6.07, 6.45) is 5.32. The number of carbonyl (C=O) groups is 1. The molecule has 0 fully saturated rings. The molecule has 3 nitrogen and oxygen atoms in total. The van der Waals surface area contributed by atoms with Crippen LogP contribution < -0.4 is 5.73 Å².